The first-order valence-corrected chi connectivity index (χ1v) is 18.6. The Labute approximate surface area is 316 Å². The Bertz CT molecular complexity index is 2210. The lowest BCUT2D eigenvalue weighted by molar-refractivity contribution is -0.120. The van der Waals surface area contributed by atoms with Gasteiger partial charge in [-0.25, -0.2) is 13.6 Å². The van der Waals surface area contributed by atoms with Gasteiger partial charge in [0.15, 0.2) is 5.82 Å². The monoisotopic (exact) mass is 748 g/mol. The van der Waals surface area contributed by atoms with Crippen LogP contribution in [-0.4, -0.2) is 84.9 Å². The zero-order chi connectivity index (χ0) is 37.9. The molecule has 8 rings (SSSR count). The fourth-order valence-corrected chi connectivity index (χ4v) is 7.55. The molecule has 1 aromatic heterocycles. The summed E-state index contributed by atoms with van der Waals surface area (Å²) in [4.78, 5) is 44.3. The largest absolute Gasteiger partial charge is 0.381 e. The highest BCUT2D eigenvalue weighted by molar-refractivity contribution is 6.11. The van der Waals surface area contributed by atoms with Crippen molar-refractivity contribution in [3.63, 3.8) is 0 Å². The molecule has 0 radical (unpaired) electrons. The van der Waals surface area contributed by atoms with E-state index in [1.165, 1.54) is 12.1 Å². The van der Waals surface area contributed by atoms with E-state index in [1.54, 1.807) is 4.90 Å². The van der Waals surface area contributed by atoms with Crippen LogP contribution in [0.15, 0.2) is 78.9 Å². The van der Waals surface area contributed by atoms with Gasteiger partial charge >= 0.3 is 6.03 Å². The van der Waals surface area contributed by atoms with Crippen LogP contribution in [0.4, 0.5) is 36.5 Å². The van der Waals surface area contributed by atoms with Gasteiger partial charge in [-0.3, -0.25) is 29.8 Å². The number of ether oxygens (including phenoxy) is 1. The molecule has 3 aliphatic heterocycles. The lowest BCUT2D eigenvalue weighted by Crippen LogP contribution is -2.49. The Morgan fingerprint density at radius 2 is 1.64 bits per heavy atom. The number of carbonyl (C=O) groups is 3. The predicted molar refractivity (Wildman–Crippen MR) is 207 cm³/mol. The summed E-state index contributed by atoms with van der Waals surface area (Å²) < 4.78 is 33.3. The molecule has 55 heavy (non-hydrogen) atoms. The van der Waals surface area contributed by atoms with Gasteiger partial charge in [-0.1, -0.05) is 18.2 Å². The minimum atomic E-state index is -0.629. The van der Waals surface area contributed by atoms with Crippen LogP contribution in [0.1, 0.15) is 46.3 Å². The van der Waals surface area contributed by atoms with E-state index in [0.717, 1.165) is 85.3 Å². The number of anilines is 4. The summed E-state index contributed by atoms with van der Waals surface area (Å²) >= 11 is 0. The second kappa shape index (κ2) is 15.9. The average Bonchev–Trinajstić information content (AvgIpc) is 3.56. The van der Waals surface area contributed by atoms with Crippen LogP contribution in [-0.2, 0) is 22.5 Å². The molecule has 4 N–H and O–H groups in total. The van der Waals surface area contributed by atoms with Gasteiger partial charge in [-0.05, 0) is 90.6 Å². The number of rotatable bonds is 10. The highest BCUT2D eigenvalue weighted by Crippen LogP contribution is 2.30. The second-order valence-electron chi connectivity index (χ2n) is 14.3. The van der Waals surface area contributed by atoms with E-state index in [0.29, 0.717) is 48.5 Å². The number of aromatic nitrogens is 2. The van der Waals surface area contributed by atoms with E-state index in [2.05, 4.69) is 48.1 Å². The number of H-pyrrole nitrogens is 1. The third kappa shape index (κ3) is 8.45. The second-order valence-corrected chi connectivity index (χ2v) is 14.3. The molecule has 12 nitrogen and oxygen atoms in total. The number of halogens is 2. The van der Waals surface area contributed by atoms with E-state index >= 15 is 0 Å². The summed E-state index contributed by atoms with van der Waals surface area (Å²) in [6, 6.07) is 22.6. The van der Waals surface area contributed by atoms with Crippen molar-refractivity contribution in [2.75, 3.05) is 66.4 Å². The summed E-state index contributed by atoms with van der Waals surface area (Å²) in [5.74, 6) is -1.46. The fraction of sp³-hybridized carbons (Fsp3) is 0.317. The molecule has 4 heterocycles. The lowest BCUT2D eigenvalue weighted by Gasteiger charge is -2.36. The average molecular weight is 749 g/mol. The van der Waals surface area contributed by atoms with E-state index in [4.69, 9.17) is 4.74 Å². The number of hydrogen-bond acceptors (Lipinski definition) is 8. The highest BCUT2D eigenvalue weighted by atomic mass is 19.1. The maximum atomic E-state index is 14.0. The highest BCUT2D eigenvalue weighted by Gasteiger charge is 2.26. The van der Waals surface area contributed by atoms with Gasteiger partial charge in [-0.2, -0.15) is 5.10 Å². The van der Waals surface area contributed by atoms with Crippen molar-refractivity contribution in [1.29, 1.82) is 0 Å². The summed E-state index contributed by atoms with van der Waals surface area (Å²) in [7, 11) is 0. The number of fused-ring (bicyclic) bond motifs is 1. The number of piperazine rings is 1. The molecule has 4 aromatic carbocycles. The maximum Gasteiger partial charge on any atom is 0.328 e. The molecule has 0 unspecified atom stereocenters. The molecule has 0 atom stereocenters. The number of amides is 4. The minimum Gasteiger partial charge on any atom is -0.381 e. The molecule has 14 heteroatoms. The van der Waals surface area contributed by atoms with Crippen LogP contribution in [0.2, 0.25) is 0 Å². The van der Waals surface area contributed by atoms with Crippen LogP contribution < -0.4 is 25.8 Å². The topological polar surface area (TPSA) is 135 Å². The van der Waals surface area contributed by atoms with Gasteiger partial charge in [-0.15, -0.1) is 0 Å². The molecule has 284 valence electrons. The molecule has 0 bridgehead atoms. The molecule has 4 amide bonds. The van der Waals surface area contributed by atoms with Crippen LogP contribution in [0, 0.1) is 11.6 Å². The summed E-state index contributed by atoms with van der Waals surface area (Å²) in [6.07, 6.45) is 2.25. The van der Waals surface area contributed by atoms with Crippen molar-refractivity contribution in [3.05, 3.63) is 113 Å². The van der Waals surface area contributed by atoms with E-state index in [1.807, 2.05) is 48.5 Å². The van der Waals surface area contributed by atoms with Gasteiger partial charge in [0.25, 0.3) is 5.91 Å². The third-order valence-electron chi connectivity index (χ3n) is 10.4. The summed E-state index contributed by atoms with van der Waals surface area (Å²) in [6.45, 7) is 5.65. The van der Waals surface area contributed by atoms with E-state index < -0.39 is 17.7 Å². The third-order valence-corrected chi connectivity index (χ3v) is 10.4. The van der Waals surface area contributed by atoms with Gasteiger partial charge in [0.05, 0.1) is 11.1 Å². The number of nitrogens with zero attached hydrogens (tertiary/aromatic N) is 4. The molecule has 3 fully saturated rings. The van der Waals surface area contributed by atoms with Crippen molar-refractivity contribution < 1.29 is 27.9 Å². The van der Waals surface area contributed by atoms with Crippen LogP contribution in [0.25, 0.3) is 10.9 Å². The quantitative estimate of drug-likeness (QED) is 0.136. The van der Waals surface area contributed by atoms with Crippen molar-refractivity contribution in [3.8, 4) is 0 Å². The number of nitrogens with one attached hydrogen (secondary N) is 4. The smallest absolute Gasteiger partial charge is 0.328 e. The molecule has 3 saturated heterocycles. The molecule has 0 aliphatic carbocycles. The summed E-state index contributed by atoms with van der Waals surface area (Å²) in [5.41, 5.74) is 6.16. The Morgan fingerprint density at radius 3 is 2.42 bits per heavy atom. The van der Waals surface area contributed by atoms with Crippen molar-refractivity contribution in [2.24, 2.45) is 0 Å². The van der Waals surface area contributed by atoms with Gasteiger partial charge in [0, 0.05) is 93.5 Å². The minimum absolute atomic E-state index is 0.154. The molecule has 5 aromatic rings. The number of imide groups is 1. The first-order chi connectivity index (χ1) is 26.7. The number of aromatic amines is 1. The zero-order valence-corrected chi connectivity index (χ0v) is 30.2. The number of hydrogen-bond donors (Lipinski definition) is 4. The number of carbonyl (C=O) groups excluding carboxylic acids is 3. The van der Waals surface area contributed by atoms with Gasteiger partial charge in [0.1, 0.15) is 11.6 Å². The van der Waals surface area contributed by atoms with E-state index in [-0.39, 0.29) is 24.3 Å². The Balaban J connectivity index is 0.958. The van der Waals surface area contributed by atoms with Crippen molar-refractivity contribution in [1.82, 2.24) is 20.4 Å². The molecular weight excluding hydrogens is 706 g/mol. The molecular formula is C41H42F2N8O4. The van der Waals surface area contributed by atoms with E-state index in [9.17, 15) is 23.2 Å². The van der Waals surface area contributed by atoms with Crippen LogP contribution in [0.3, 0.4) is 0 Å². The molecule has 3 aliphatic rings. The van der Waals surface area contributed by atoms with Crippen molar-refractivity contribution >= 4 is 51.6 Å². The Morgan fingerprint density at radius 1 is 0.836 bits per heavy atom. The fourth-order valence-electron chi connectivity index (χ4n) is 7.55. The predicted octanol–water partition coefficient (Wildman–Crippen LogP) is 6.04. The van der Waals surface area contributed by atoms with Crippen LogP contribution >= 0.6 is 0 Å². The van der Waals surface area contributed by atoms with Gasteiger partial charge in [0.2, 0.25) is 5.91 Å². The Kier molecular flexibility index (Phi) is 10.4. The standard InChI is InChI=1S/C41H42F2N8O4/c42-29-19-28(20-30(43)23-29)18-26-4-7-36-35(22-26)39(48-47-36)46-40(53)34-6-5-32(24-37(34)44-31-9-16-55-17-10-31)50-14-12-49(13-15-50)25-27-2-1-3-33(21-27)51-11-8-38(52)45-41(51)54/h1-7,19-24,31,44H,8-18,25H2,(H,45,52,54)(H2,46,47,48,53). The molecule has 0 spiro atoms. The van der Waals surface area contributed by atoms with Crippen LogP contribution in [0.5, 0.6) is 0 Å². The first-order valence-electron chi connectivity index (χ1n) is 18.6. The number of benzene rings is 4. The summed E-state index contributed by atoms with van der Waals surface area (Å²) in [5, 5.41) is 17.1. The van der Waals surface area contributed by atoms with Crippen molar-refractivity contribution in [2.45, 2.75) is 38.3 Å². The molecule has 0 saturated carbocycles. The zero-order valence-electron chi connectivity index (χ0n) is 30.2. The lowest BCUT2D eigenvalue weighted by atomic mass is 10.0. The first kappa shape index (κ1) is 36.1. The Hall–Kier alpha value is -5.86. The normalized spacial score (nSPS) is 17.1. The maximum absolute atomic E-state index is 14.0. The SMILES string of the molecule is O=C1CCN(c2cccc(CN3CCN(c4ccc(C(=O)Nc5n[nH]c6ccc(Cc7cc(F)cc(F)c7)cc56)c(NC5CCOCC5)c4)CC3)c2)C(=O)N1. The number of urea groups is 1. The van der Waals surface area contributed by atoms with Gasteiger partial charge < -0.3 is 20.3 Å².